The topological polar surface area (TPSA) is 95.5 Å². The van der Waals surface area contributed by atoms with E-state index in [0.29, 0.717) is 19.3 Å². The third kappa shape index (κ3) is 4.19. The van der Waals surface area contributed by atoms with Gasteiger partial charge in [0.25, 0.3) is 0 Å². The van der Waals surface area contributed by atoms with Crippen molar-refractivity contribution in [3.05, 3.63) is 0 Å². The van der Waals surface area contributed by atoms with Crippen molar-refractivity contribution in [3.63, 3.8) is 0 Å². The van der Waals surface area contributed by atoms with Crippen molar-refractivity contribution in [3.8, 4) is 0 Å². The van der Waals surface area contributed by atoms with Gasteiger partial charge in [0.15, 0.2) is 0 Å². The van der Waals surface area contributed by atoms with Gasteiger partial charge in [-0.3, -0.25) is 14.4 Å². The second kappa shape index (κ2) is 6.91. The Labute approximate surface area is 124 Å². The molecule has 2 saturated carbocycles. The summed E-state index contributed by atoms with van der Waals surface area (Å²) in [6, 6.07) is -0.661. The highest BCUT2D eigenvalue weighted by molar-refractivity contribution is 5.88. The zero-order valence-electron chi connectivity index (χ0n) is 12.4. The molecule has 0 spiro atoms. The van der Waals surface area contributed by atoms with Crippen molar-refractivity contribution in [1.82, 2.24) is 10.6 Å². The Hall–Kier alpha value is -1.59. The van der Waals surface area contributed by atoms with Crippen LogP contribution in [0.25, 0.3) is 0 Å². The number of rotatable bonds is 5. The number of aliphatic carboxylic acids is 1. The molecule has 0 bridgehead atoms. The van der Waals surface area contributed by atoms with Crippen LogP contribution in [0.15, 0.2) is 0 Å². The molecular formula is C15H24N2O4. The molecule has 0 heterocycles. The van der Waals surface area contributed by atoms with Crippen LogP contribution in [0, 0.1) is 11.8 Å². The third-order valence-electron chi connectivity index (χ3n) is 4.61. The van der Waals surface area contributed by atoms with E-state index < -0.39 is 12.0 Å². The average Bonchev–Trinajstić information content (AvgIpc) is 3.09. The van der Waals surface area contributed by atoms with Crippen molar-refractivity contribution in [2.24, 2.45) is 11.8 Å². The number of nitrogens with one attached hydrogen (secondary N) is 2. The maximum absolute atomic E-state index is 12.1. The maximum Gasteiger partial charge on any atom is 0.306 e. The molecule has 6 nitrogen and oxygen atoms in total. The lowest BCUT2D eigenvalue weighted by atomic mass is 10.1. The van der Waals surface area contributed by atoms with Gasteiger partial charge in [0.05, 0.1) is 5.92 Å². The van der Waals surface area contributed by atoms with Crippen molar-refractivity contribution in [2.75, 3.05) is 0 Å². The highest BCUT2D eigenvalue weighted by Gasteiger charge is 2.32. The van der Waals surface area contributed by atoms with Crippen LogP contribution in [-0.4, -0.2) is 35.0 Å². The molecule has 118 valence electrons. The number of hydrogen-bond donors (Lipinski definition) is 3. The van der Waals surface area contributed by atoms with E-state index in [4.69, 9.17) is 5.11 Å². The molecule has 0 radical (unpaired) electrons. The van der Waals surface area contributed by atoms with Gasteiger partial charge in [-0.25, -0.2) is 0 Å². The predicted octanol–water partition coefficient (Wildman–Crippen LogP) is 1.05. The van der Waals surface area contributed by atoms with Crippen LogP contribution in [0.4, 0.5) is 0 Å². The number of carbonyl (C=O) groups excluding carboxylic acids is 2. The molecule has 3 N–H and O–H groups in total. The fourth-order valence-electron chi connectivity index (χ4n) is 3.25. The van der Waals surface area contributed by atoms with Gasteiger partial charge in [-0.1, -0.05) is 12.8 Å². The summed E-state index contributed by atoms with van der Waals surface area (Å²) >= 11 is 0. The normalized spacial score (nSPS) is 27.3. The molecule has 2 amide bonds. The van der Waals surface area contributed by atoms with E-state index in [2.05, 4.69) is 10.6 Å². The quantitative estimate of drug-likeness (QED) is 0.706. The van der Waals surface area contributed by atoms with Gasteiger partial charge >= 0.3 is 5.97 Å². The highest BCUT2D eigenvalue weighted by Crippen LogP contribution is 2.26. The molecule has 0 aliphatic heterocycles. The fourth-order valence-corrected chi connectivity index (χ4v) is 3.25. The molecule has 0 aromatic carbocycles. The lowest BCUT2D eigenvalue weighted by Gasteiger charge is -2.19. The standard InChI is InChI=1S/C15H24N2O4/c1-9(16-14(19)10-4-2-3-5-10)13(18)17-12-7-6-11(8-12)15(20)21/h9-12H,2-8H2,1H3,(H,16,19)(H,17,18)(H,20,21)/t9?,11-,12+/m1/s1. The van der Waals surface area contributed by atoms with Gasteiger partial charge in [-0.2, -0.15) is 0 Å². The minimum atomic E-state index is -0.797. The van der Waals surface area contributed by atoms with Crippen LogP contribution >= 0.6 is 0 Å². The summed E-state index contributed by atoms with van der Waals surface area (Å²) < 4.78 is 0. The summed E-state index contributed by atoms with van der Waals surface area (Å²) in [6.07, 6.45) is 5.74. The molecule has 1 unspecified atom stereocenters. The zero-order valence-corrected chi connectivity index (χ0v) is 12.4. The lowest BCUT2D eigenvalue weighted by molar-refractivity contribution is -0.141. The van der Waals surface area contributed by atoms with E-state index in [1.807, 2.05) is 0 Å². The molecule has 6 heteroatoms. The Bertz CT molecular complexity index is 418. The summed E-state index contributed by atoms with van der Waals surface area (Å²) in [5.74, 6) is -1.38. The molecular weight excluding hydrogens is 272 g/mol. The molecule has 0 aromatic rings. The summed E-state index contributed by atoms with van der Waals surface area (Å²) in [6.45, 7) is 1.67. The predicted molar refractivity (Wildman–Crippen MR) is 76.5 cm³/mol. The second-order valence-corrected chi connectivity index (χ2v) is 6.27. The van der Waals surface area contributed by atoms with Gasteiger partial charge in [0.1, 0.15) is 6.04 Å². The van der Waals surface area contributed by atoms with E-state index in [-0.39, 0.29) is 29.7 Å². The summed E-state index contributed by atoms with van der Waals surface area (Å²) in [5, 5.41) is 14.5. The molecule has 0 saturated heterocycles. The monoisotopic (exact) mass is 296 g/mol. The zero-order chi connectivity index (χ0) is 15.4. The van der Waals surface area contributed by atoms with Crippen LogP contribution in [0.2, 0.25) is 0 Å². The van der Waals surface area contributed by atoms with Gasteiger partial charge in [-0.05, 0) is 39.0 Å². The average molecular weight is 296 g/mol. The maximum atomic E-state index is 12.1. The number of carboxylic acid groups (broad SMARTS) is 1. The number of carboxylic acids is 1. The fraction of sp³-hybridized carbons (Fsp3) is 0.800. The molecule has 21 heavy (non-hydrogen) atoms. The van der Waals surface area contributed by atoms with Gasteiger partial charge in [-0.15, -0.1) is 0 Å². The van der Waals surface area contributed by atoms with Crippen LogP contribution in [0.5, 0.6) is 0 Å². The van der Waals surface area contributed by atoms with Crippen LogP contribution < -0.4 is 10.6 Å². The van der Waals surface area contributed by atoms with E-state index in [9.17, 15) is 14.4 Å². The van der Waals surface area contributed by atoms with E-state index in [1.165, 1.54) is 0 Å². The summed E-state index contributed by atoms with van der Waals surface area (Å²) in [5.41, 5.74) is 0. The Balaban J connectivity index is 1.75. The van der Waals surface area contributed by atoms with Crippen LogP contribution in [-0.2, 0) is 14.4 Å². The number of amides is 2. The van der Waals surface area contributed by atoms with Gasteiger partial charge in [0.2, 0.25) is 11.8 Å². The minimum absolute atomic E-state index is 0.0371. The van der Waals surface area contributed by atoms with E-state index >= 15 is 0 Å². The molecule has 2 rings (SSSR count). The Morgan fingerprint density at radius 2 is 1.71 bits per heavy atom. The first kappa shape index (κ1) is 15.8. The number of hydrogen-bond acceptors (Lipinski definition) is 3. The van der Waals surface area contributed by atoms with Crippen molar-refractivity contribution in [2.45, 2.75) is 64.0 Å². The van der Waals surface area contributed by atoms with E-state index in [0.717, 1.165) is 25.7 Å². The molecule has 0 aromatic heterocycles. The Kier molecular flexibility index (Phi) is 5.20. The van der Waals surface area contributed by atoms with Crippen molar-refractivity contribution in [1.29, 1.82) is 0 Å². The summed E-state index contributed by atoms with van der Waals surface area (Å²) in [7, 11) is 0. The minimum Gasteiger partial charge on any atom is -0.481 e. The van der Waals surface area contributed by atoms with Crippen molar-refractivity contribution < 1.29 is 19.5 Å². The Morgan fingerprint density at radius 3 is 2.29 bits per heavy atom. The Morgan fingerprint density at radius 1 is 1.05 bits per heavy atom. The largest absolute Gasteiger partial charge is 0.481 e. The third-order valence-corrected chi connectivity index (χ3v) is 4.61. The first-order valence-electron chi connectivity index (χ1n) is 7.81. The first-order chi connectivity index (χ1) is 9.97. The van der Waals surface area contributed by atoms with Crippen LogP contribution in [0.3, 0.4) is 0 Å². The SMILES string of the molecule is CC(NC(=O)C1CCCC1)C(=O)N[C@H]1CC[C@@H](C(=O)O)C1. The van der Waals surface area contributed by atoms with Crippen LogP contribution in [0.1, 0.15) is 51.9 Å². The van der Waals surface area contributed by atoms with Crippen molar-refractivity contribution >= 4 is 17.8 Å². The lowest BCUT2D eigenvalue weighted by Crippen LogP contribution is -2.48. The highest BCUT2D eigenvalue weighted by atomic mass is 16.4. The smallest absolute Gasteiger partial charge is 0.306 e. The molecule has 2 fully saturated rings. The van der Waals surface area contributed by atoms with Gasteiger partial charge < -0.3 is 15.7 Å². The van der Waals surface area contributed by atoms with Gasteiger partial charge in [0, 0.05) is 12.0 Å². The summed E-state index contributed by atoms with van der Waals surface area (Å²) in [4.78, 5) is 34.9. The molecule has 2 aliphatic rings. The van der Waals surface area contributed by atoms with E-state index in [1.54, 1.807) is 6.92 Å². The second-order valence-electron chi connectivity index (χ2n) is 6.27. The first-order valence-corrected chi connectivity index (χ1v) is 7.81. The number of carbonyl (C=O) groups is 3. The molecule has 2 aliphatic carbocycles. The molecule has 3 atom stereocenters.